The largest absolute Gasteiger partial charge is 0.497 e. The molecular weight excluding hydrogens is 317 g/mol. The molecule has 0 spiro atoms. The highest BCUT2D eigenvalue weighted by Gasteiger charge is 2.11. The molecule has 0 radical (unpaired) electrons. The highest BCUT2D eigenvalue weighted by atomic mass is 32.2. The maximum absolute atomic E-state index is 11.7. The summed E-state index contributed by atoms with van der Waals surface area (Å²) < 4.78 is 5.26. The van der Waals surface area contributed by atoms with E-state index in [1.165, 1.54) is 6.33 Å². The second-order valence-corrected chi connectivity index (χ2v) is 5.94. The minimum absolute atomic E-state index is 0.170. The summed E-state index contributed by atoms with van der Waals surface area (Å²) in [5.74, 6) is 2.70. The van der Waals surface area contributed by atoms with Gasteiger partial charge < -0.3 is 14.7 Å². The number of H-pyrrole nitrogens is 2. The van der Waals surface area contributed by atoms with E-state index >= 15 is 0 Å². The maximum atomic E-state index is 11.7. The van der Waals surface area contributed by atoms with Crippen molar-refractivity contribution in [2.45, 2.75) is 9.79 Å². The minimum Gasteiger partial charge on any atom is -0.497 e. The molecule has 3 rings (SSSR count). The molecule has 0 saturated carbocycles. The van der Waals surface area contributed by atoms with E-state index in [9.17, 15) is 4.79 Å². The van der Waals surface area contributed by atoms with Gasteiger partial charge in [-0.05, 0) is 23.8 Å². The average Bonchev–Trinajstić information content (AvgIpc) is 2.94. The second kappa shape index (κ2) is 6.38. The molecule has 1 unspecified atom stereocenters. The third kappa shape index (κ3) is 2.80. The Bertz CT molecular complexity index is 901. The van der Waals surface area contributed by atoms with Crippen molar-refractivity contribution in [3.63, 3.8) is 0 Å². The molecule has 5 nitrogen and oxygen atoms in total. The van der Waals surface area contributed by atoms with Crippen molar-refractivity contribution in [3.8, 4) is 5.75 Å². The van der Waals surface area contributed by atoms with E-state index in [0.29, 0.717) is 11.0 Å². The number of rotatable bonds is 4. The van der Waals surface area contributed by atoms with E-state index in [1.54, 1.807) is 25.1 Å². The molecular formula is C15H14N3O2PS. The Kier molecular flexibility index (Phi) is 4.32. The Morgan fingerprint density at radius 3 is 2.95 bits per heavy atom. The first kappa shape index (κ1) is 14.9. The van der Waals surface area contributed by atoms with Crippen LogP contribution >= 0.6 is 21.0 Å². The van der Waals surface area contributed by atoms with Crippen LogP contribution in [0.3, 0.4) is 0 Å². The topological polar surface area (TPSA) is 70.8 Å². The van der Waals surface area contributed by atoms with Crippen molar-refractivity contribution < 1.29 is 4.74 Å². The van der Waals surface area contributed by atoms with Crippen LogP contribution in [0.1, 0.15) is 5.56 Å². The van der Waals surface area contributed by atoms with Gasteiger partial charge in [0.15, 0.2) is 0 Å². The molecule has 0 amide bonds. The summed E-state index contributed by atoms with van der Waals surface area (Å²) in [6.07, 6.45) is 5.21. The molecule has 1 aromatic carbocycles. The van der Waals surface area contributed by atoms with Crippen molar-refractivity contribution in [2.24, 2.45) is 0 Å². The smallest absolute Gasteiger partial charge is 0.275 e. The first-order chi connectivity index (χ1) is 10.7. The molecule has 7 heteroatoms. The quantitative estimate of drug-likeness (QED) is 0.720. The Morgan fingerprint density at radius 2 is 2.18 bits per heavy atom. The van der Waals surface area contributed by atoms with Crippen LogP contribution in [-0.2, 0) is 0 Å². The van der Waals surface area contributed by atoms with Gasteiger partial charge in [-0.1, -0.05) is 23.7 Å². The predicted molar refractivity (Wildman–Crippen MR) is 92.6 cm³/mol. The van der Waals surface area contributed by atoms with E-state index in [0.717, 1.165) is 21.1 Å². The standard InChI is InChI=1S/C15H14N3O2PS/c1-20-10-2-3-11(9(6-10)4-5-21)22-12-7-16-14-13(12)17-8-18-15(14)19/h2-8,16H,21H2,1H3,(H,17,18,19)/b5-4+. The SMILES string of the molecule is COc1ccc(Sc2c[nH]c3c(=O)[nH]cnc23)c(/C=C/P)c1. The number of hydrogen-bond acceptors (Lipinski definition) is 4. The van der Waals surface area contributed by atoms with Crippen LogP contribution in [-0.4, -0.2) is 22.1 Å². The summed E-state index contributed by atoms with van der Waals surface area (Å²) in [5.41, 5.74) is 2.03. The monoisotopic (exact) mass is 331 g/mol. The number of benzene rings is 1. The second-order valence-electron chi connectivity index (χ2n) is 4.47. The highest BCUT2D eigenvalue weighted by molar-refractivity contribution is 7.99. The molecule has 0 fully saturated rings. The lowest BCUT2D eigenvalue weighted by atomic mass is 10.2. The average molecular weight is 331 g/mol. The van der Waals surface area contributed by atoms with Crippen LogP contribution in [0, 0.1) is 0 Å². The van der Waals surface area contributed by atoms with Crippen LogP contribution in [0.15, 0.2) is 51.1 Å². The van der Waals surface area contributed by atoms with Crippen LogP contribution in [0.5, 0.6) is 5.75 Å². The molecule has 2 N–H and O–H groups in total. The number of aromatic amines is 2. The third-order valence-electron chi connectivity index (χ3n) is 3.15. The molecule has 0 aliphatic heterocycles. The number of nitrogens with zero attached hydrogens (tertiary/aromatic N) is 1. The predicted octanol–water partition coefficient (Wildman–Crippen LogP) is 3.26. The lowest BCUT2D eigenvalue weighted by Crippen LogP contribution is -2.05. The number of ether oxygens (including phenoxy) is 1. The first-order valence-electron chi connectivity index (χ1n) is 6.52. The van der Waals surface area contributed by atoms with Gasteiger partial charge in [-0.2, -0.15) is 0 Å². The van der Waals surface area contributed by atoms with E-state index in [1.807, 2.05) is 30.1 Å². The Morgan fingerprint density at radius 1 is 1.32 bits per heavy atom. The van der Waals surface area contributed by atoms with Gasteiger partial charge in [-0.25, -0.2) is 4.98 Å². The van der Waals surface area contributed by atoms with Gasteiger partial charge >= 0.3 is 0 Å². The summed E-state index contributed by atoms with van der Waals surface area (Å²) in [4.78, 5) is 23.5. The van der Waals surface area contributed by atoms with Crippen LogP contribution in [0.25, 0.3) is 17.1 Å². The summed E-state index contributed by atoms with van der Waals surface area (Å²) in [5, 5.41) is 0. The highest BCUT2D eigenvalue weighted by Crippen LogP contribution is 2.35. The fourth-order valence-corrected chi connectivity index (χ4v) is 3.30. The van der Waals surface area contributed by atoms with Crippen molar-refractivity contribution in [3.05, 3.63) is 52.5 Å². The van der Waals surface area contributed by atoms with Crippen molar-refractivity contribution >= 4 is 38.1 Å². The van der Waals surface area contributed by atoms with Gasteiger partial charge in [-0.3, -0.25) is 4.79 Å². The molecule has 1 atom stereocenters. The molecule has 2 aromatic heterocycles. The van der Waals surface area contributed by atoms with E-state index in [-0.39, 0.29) is 5.56 Å². The number of hydrogen-bond donors (Lipinski definition) is 2. The summed E-state index contributed by atoms with van der Waals surface area (Å²) in [7, 11) is 4.21. The molecule has 112 valence electrons. The van der Waals surface area contributed by atoms with Crippen LogP contribution in [0.2, 0.25) is 0 Å². The van der Waals surface area contributed by atoms with Gasteiger partial charge in [0, 0.05) is 11.1 Å². The lowest BCUT2D eigenvalue weighted by molar-refractivity contribution is 0.414. The number of fused-ring (bicyclic) bond motifs is 1. The van der Waals surface area contributed by atoms with Crippen LogP contribution < -0.4 is 10.3 Å². The number of nitrogens with one attached hydrogen (secondary N) is 2. The Balaban J connectivity index is 2.05. The number of aromatic nitrogens is 3. The van der Waals surface area contributed by atoms with E-state index < -0.39 is 0 Å². The van der Waals surface area contributed by atoms with Gasteiger partial charge in [0.25, 0.3) is 5.56 Å². The van der Waals surface area contributed by atoms with Gasteiger partial charge in [0.05, 0.1) is 18.3 Å². The normalized spacial score (nSPS) is 11.4. The van der Waals surface area contributed by atoms with Gasteiger partial charge in [0.1, 0.15) is 16.8 Å². The zero-order chi connectivity index (χ0) is 15.5. The van der Waals surface area contributed by atoms with Gasteiger partial charge in [0.2, 0.25) is 0 Å². The zero-order valence-electron chi connectivity index (χ0n) is 11.8. The van der Waals surface area contributed by atoms with E-state index in [2.05, 4.69) is 24.2 Å². The van der Waals surface area contributed by atoms with Crippen molar-refractivity contribution in [1.29, 1.82) is 0 Å². The summed E-state index contributed by atoms with van der Waals surface area (Å²) >= 11 is 1.56. The molecule has 3 aromatic rings. The minimum atomic E-state index is -0.170. The Hall–Kier alpha value is -2.04. The first-order valence-corrected chi connectivity index (χ1v) is 8.00. The molecule has 22 heavy (non-hydrogen) atoms. The zero-order valence-corrected chi connectivity index (χ0v) is 13.8. The Labute approximate surface area is 133 Å². The fourth-order valence-electron chi connectivity index (χ4n) is 2.10. The van der Waals surface area contributed by atoms with Crippen LogP contribution in [0.4, 0.5) is 0 Å². The molecule has 0 bridgehead atoms. The number of methoxy groups -OCH3 is 1. The molecule has 0 aliphatic rings. The molecule has 0 saturated heterocycles. The van der Waals surface area contributed by atoms with Gasteiger partial charge in [-0.15, -0.1) is 9.24 Å². The summed E-state index contributed by atoms with van der Waals surface area (Å²) in [6, 6.07) is 5.88. The molecule has 0 aliphatic carbocycles. The third-order valence-corrected chi connectivity index (χ3v) is 4.46. The van der Waals surface area contributed by atoms with Crippen molar-refractivity contribution in [1.82, 2.24) is 15.0 Å². The fraction of sp³-hybridized carbons (Fsp3) is 0.0667. The van der Waals surface area contributed by atoms with E-state index in [4.69, 9.17) is 4.74 Å². The van der Waals surface area contributed by atoms with Crippen molar-refractivity contribution in [2.75, 3.05) is 7.11 Å². The molecule has 2 heterocycles. The maximum Gasteiger partial charge on any atom is 0.275 e. The lowest BCUT2D eigenvalue weighted by Gasteiger charge is -2.07. The summed E-state index contributed by atoms with van der Waals surface area (Å²) in [6.45, 7) is 0.